The van der Waals surface area contributed by atoms with Gasteiger partial charge in [-0.05, 0) is 49.4 Å². The zero-order chi connectivity index (χ0) is 22.3. The Kier molecular flexibility index (Phi) is 6.17. The molecule has 0 fully saturated rings. The molecular weight excluding hydrogens is 406 g/mol. The van der Waals surface area contributed by atoms with Gasteiger partial charge in [0.15, 0.2) is 0 Å². The number of aromatic nitrogens is 5. The van der Waals surface area contributed by atoms with Crippen LogP contribution >= 0.6 is 0 Å². The summed E-state index contributed by atoms with van der Waals surface area (Å²) in [5, 5.41) is 13.9. The van der Waals surface area contributed by atoms with Crippen LogP contribution in [0.2, 0.25) is 0 Å². The lowest BCUT2D eigenvalue weighted by atomic mass is 10.2. The van der Waals surface area contributed by atoms with E-state index in [1.807, 2.05) is 36.5 Å². The first-order chi connectivity index (χ1) is 15.6. The van der Waals surface area contributed by atoms with Crippen LogP contribution in [0.1, 0.15) is 18.5 Å². The molecule has 2 heterocycles. The number of carbonyl (C=O) groups is 2. The Morgan fingerprint density at radius 1 is 0.969 bits per heavy atom. The van der Waals surface area contributed by atoms with Gasteiger partial charge in [0.2, 0.25) is 11.8 Å². The van der Waals surface area contributed by atoms with E-state index in [9.17, 15) is 9.59 Å². The molecule has 2 aromatic carbocycles. The first-order valence-corrected chi connectivity index (χ1v) is 9.93. The van der Waals surface area contributed by atoms with Crippen molar-refractivity contribution in [3.63, 3.8) is 0 Å². The number of rotatable bonds is 7. The van der Waals surface area contributed by atoms with Gasteiger partial charge in [0, 0.05) is 29.2 Å². The van der Waals surface area contributed by atoms with Crippen molar-refractivity contribution in [3.8, 4) is 5.69 Å². The largest absolute Gasteiger partial charge is 0.324 e. The van der Waals surface area contributed by atoms with E-state index in [0.29, 0.717) is 11.4 Å². The molecule has 9 nitrogen and oxygen atoms in total. The van der Waals surface area contributed by atoms with Gasteiger partial charge in [-0.15, -0.1) is 0 Å². The molecule has 2 N–H and O–H groups in total. The second-order valence-corrected chi connectivity index (χ2v) is 6.99. The number of benzene rings is 2. The summed E-state index contributed by atoms with van der Waals surface area (Å²) in [7, 11) is 0. The Morgan fingerprint density at radius 2 is 1.69 bits per heavy atom. The Hall–Kier alpha value is -4.53. The van der Waals surface area contributed by atoms with E-state index in [-0.39, 0.29) is 11.8 Å². The molecule has 0 aliphatic heterocycles. The SMILES string of the molecule is CC(C(=O)Nc1ccc(NC(=O)/C=C/c2cnn(-c3ccccc3)c2)cc1)n1cncn1. The maximum absolute atomic E-state index is 12.3. The molecule has 2 amide bonds. The fraction of sp³-hybridized carbons (Fsp3) is 0.0870. The normalized spacial score (nSPS) is 11.9. The Bertz CT molecular complexity index is 1210. The lowest BCUT2D eigenvalue weighted by molar-refractivity contribution is -0.119. The number of nitrogens with zero attached hydrogens (tertiary/aromatic N) is 5. The summed E-state index contributed by atoms with van der Waals surface area (Å²) in [6.45, 7) is 1.73. The molecule has 0 saturated heterocycles. The molecule has 9 heteroatoms. The molecule has 0 saturated carbocycles. The highest BCUT2D eigenvalue weighted by Gasteiger charge is 2.15. The van der Waals surface area contributed by atoms with Crippen molar-refractivity contribution in [2.75, 3.05) is 10.6 Å². The molecule has 2 aromatic heterocycles. The van der Waals surface area contributed by atoms with Gasteiger partial charge in [-0.25, -0.2) is 14.3 Å². The van der Waals surface area contributed by atoms with Crippen LogP contribution in [0.15, 0.2) is 85.7 Å². The third-order valence-corrected chi connectivity index (χ3v) is 4.68. The Balaban J connectivity index is 1.31. The minimum absolute atomic E-state index is 0.216. The minimum atomic E-state index is -0.492. The molecule has 160 valence electrons. The maximum Gasteiger partial charge on any atom is 0.249 e. The van der Waals surface area contributed by atoms with Crippen molar-refractivity contribution in [2.24, 2.45) is 0 Å². The number of hydrogen-bond donors (Lipinski definition) is 2. The van der Waals surface area contributed by atoms with Crippen LogP contribution in [0.4, 0.5) is 11.4 Å². The van der Waals surface area contributed by atoms with Crippen LogP contribution in [-0.4, -0.2) is 36.4 Å². The van der Waals surface area contributed by atoms with E-state index in [0.717, 1.165) is 11.3 Å². The summed E-state index contributed by atoms with van der Waals surface area (Å²) < 4.78 is 3.22. The van der Waals surface area contributed by atoms with Crippen LogP contribution in [-0.2, 0) is 9.59 Å². The molecule has 0 bridgehead atoms. The number of hydrogen-bond acceptors (Lipinski definition) is 5. The van der Waals surface area contributed by atoms with Crippen molar-refractivity contribution in [3.05, 3.63) is 91.3 Å². The van der Waals surface area contributed by atoms with Crippen molar-refractivity contribution in [1.29, 1.82) is 0 Å². The van der Waals surface area contributed by atoms with Gasteiger partial charge < -0.3 is 10.6 Å². The van der Waals surface area contributed by atoms with E-state index in [4.69, 9.17) is 0 Å². The van der Waals surface area contributed by atoms with Crippen LogP contribution < -0.4 is 10.6 Å². The molecular formula is C23H21N7O2. The second-order valence-electron chi connectivity index (χ2n) is 6.99. The van der Waals surface area contributed by atoms with Crippen molar-refractivity contribution in [2.45, 2.75) is 13.0 Å². The van der Waals surface area contributed by atoms with Crippen molar-refractivity contribution >= 4 is 29.3 Å². The highest BCUT2D eigenvalue weighted by molar-refractivity contribution is 6.02. The molecule has 32 heavy (non-hydrogen) atoms. The van der Waals surface area contributed by atoms with E-state index in [2.05, 4.69) is 25.8 Å². The average Bonchev–Trinajstić information content (AvgIpc) is 3.52. The number of amides is 2. The van der Waals surface area contributed by atoms with Gasteiger partial charge in [-0.2, -0.15) is 10.2 Å². The molecule has 0 spiro atoms. The summed E-state index contributed by atoms with van der Waals surface area (Å²) in [5.41, 5.74) is 2.98. The third-order valence-electron chi connectivity index (χ3n) is 4.68. The van der Waals surface area contributed by atoms with Crippen LogP contribution in [0.5, 0.6) is 0 Å². The Morgan fingerprint density at radius 3 is 2.38 bits per heavy atom. The predicted molar refractivity (Wildman–Crippen MR) is 121 cm³/mol. The summed E-state index contributed by atoms with van der Waals surface area (Å²) in [5.74, 6) is -0.486. The fourth-order valence-electron chi connectivity index (χ4n) is 2.92. The molecule has 4 rings (SSSR count). The van der Waals surface area contributed by atoms with Crippen LogP contribution in [0, 0.1) is 0 Å². The second kappa shape index (κ2) is 9.52. The smallest absolute Gasteiger partial charge is 0.249 e. The van der Waals surface area contributed by atoms with Gasteiger partial charge in [-0.1, -0.05) is 18.2 Å². The van der Waals surface area contributed by atoms with E-state index in [1.54, 1.807) is 48.1 Å². The molecule has 0 aliphatic carbocycles. The molecule has 4 aromatic rings. The first-order valence-electron chi connectivity index (χ1n) is 9.93. The topological polar surface area (TPSA) is 107 Å². The summed E-state index contributed by atoms with van der Waals surface area (Å²) in [6, 6.07) is 16.1. The summed E-state index contributed by atoms with van der Waals surface area (Å²) in [4.78, 5) is 28.4. The van der Waals surface area contributed by atoms with E-state index < -0.39 is 6.04 Å². The fourth-order valence-corrected chi connectivity index (χ4v) is 2.92. The van der Waals surface area contributed by atoms with Gasteiger partial charge in [0.25, 0.3) is 0 Å². The predicted octanol–water partition coefficient (Wildman–Crippen LogP) is 3.32. The van der Waals surface area contributed by atoms with E-state index >= 15 is 0 Å². The summed E-state index contributed by atoms with van der Waals surface area (Å²) >= 11 is 0. The van der Waals surface area contributed by atoms with E-state index in [1.165, 1.54) is 23.4 Å². The maximum atomic E-state index is 12.3. The molecule has 0 aliphatic rings. The first kappa shape index (κ1) is 20.7. The quantitative estimate of drug-likeness (QED) is 0.440. The van der Waals surface area contributed by atoms with Gasteiger partial charge in [0.05, 0.1) is 11.9 Å². The van der Waals surface area contributed by atoms with Crippen LogP contribution in [0.25, 0.3) is 11.8 Å². The third kappa shape index (κ3) is 5.14. The van der Waals surface area contributed by atoms with Gasteiger partial charge in [-0.3, -0.25) is 9.59 Å². The standard InChI is InChI=1S/C23H21N7O2/c1-17(30-16-24-15-26-30)23(32)28-20-10-8-19(9-11-20)27-22(31)12-7-18-13-25-29(14-18)21-5-3-2-4-6-21/h2-17H,1H3,(H,27,31)(H,28,32)/b12-7+. The summed E-state index contributed by atoms with van der Waals surface area (Å²) in [6.07, 6.45) is 9.54. The van der Waals surface area contributed by atoms with Gasteiger partial charge >= 0.3 is 0 Å². The molecule has 0 radical (unpaired) electrons. The highest BCUT2D eigenvalue weighted by Crippen LogP contribution is 2.16. The number of nitrogens with one attached hydrogen (secondary N) is 2. The lowest BCUT2D eigenvalue weighted by Crippen LogP contribution is -2.24. The van der Waals surface area contributed by atoms with Crippen molar-refractivity contribution < 1.29 is 9.59 Å². The number of anilines is 2. The minimum Gasteiger partial charge on any atom is -0.324 e. The van der Waals surface area contributed by atoms with Gasteiger partial charge in [0.1, 0.15) is 18.7 Å². The zero-order valence-corrected chi connectivity index (χ0v) is 17.3. The van der Waals surface area contributed by atoms with Crippen LogP contribution in [0.3, 0.4) is 0 Å². The zero-order valence-electron chi connectivity index (χ0n) is 17.3. The molecule has 1 unspecified atom stereocenters. The van der Waals surface area contributed by atoms with Crippen molar-refractivity contribution in [1.82, 2.24) is 24.5 Å². The number of carbonyl (C=O) groups excluding carboxylic acids is 2. The average molecular weight is 427 g/mol. The highest BCUT2D eigenvalue weighted by atomic mass is 16.2. The lowest BCUT2D eigenvalue weighted by Gasteiger charge is -2.12. The Labute approximate surface area is 184 Å². The molecule has 1 atom stereocenters. The number of para-hydroxylation sites is 1. The monoisotopic (exact) mass is 427 g/mol.